The van der Waals surface area contributed by atoms with E-state index in [2.05, 4.69) is 33.0 Å². The minimum atomic E-state index is -0.879. The minimum Gasteiger partial charge on any atom is -0.296 e. The predicted octanol–water partition coefficient (Wildman–Crippen LogP) is 5.36. The molecule has 0 spiro atoms. The molecule has 0 atom stereocenters. The molecule has 2 amide bonds. The van der Waals surface area contributed by atoms with Crippen LogP contribution in [0.4, 0.5) is 0 Å². The van der Waals surface area contributed by atoms with E-state index < -0.39 is 7.26 Å². The van der Waals surface area contributed by atoms with Gasteiger partial charge in [0.15, 0.2) is 0 Å². The number of hydrogen-bond acceptors (Lipinski definition) is 2. The average molecular weight is 360 g/mol. The van der Waals surface area contributed by atoms with Gasteiger partial charge in [-0.2, -0.15) is 0 Å². The van der Waals surface area contributed by atoms with Crippen LogP contribution in [0.15, 0.2) is 0 Å². The van der Waals surface area contributed by atoms with Gasteiger partial charge in [0.1, 0.15) is 0 Å². The van der Waals surface area contributed by atoms with Crippen molar-refractivity contribution in [3.63, 3.8) is 0 Å². The van der Waals surface area contributed by atoms with Crippen LogP contribution in [0.25, 0.3) is 0 Å². The van der Waals surface area contributed by atoms with Crippen molar-refractivity contribution in [2.24, 2.45) is 0 Å². The van der Waals surface area contributed by atoms with E-state index >= 15 is 0 Å². The summed E-state index contributed by atoms with van der Waals surface area (Å²) in [6.07, 6.45) is 18.9. The van der Waals surface area contributed by atoms with Crippen LogP contribution < -0.4 is 5.32 Å². The summed E-state index contributed by atoms with van der Waals surface area (Å²) in [5.41, 5.74) is 0. The van der Waals surface area contributed by atoms with Gasteiger partial charge in [-0.25, -0.2) is 0 Å². The third-order valence-electron chi connectivity index (χ3n) is 5.10. The van der Waals surface area contributed by atoms with Gasteiger partial charge in [-0.15, -0.1) is 0 Å². The Morgan fingerprint density at radius 1 is 0.667 bits per heavy atom. The monoisotopic (exact) mass is 359 g/mol. The molecule has 0 bridgehead atoms. The fourth-order valence-corrected chi connectivity index (χ4v) is 9.38. The van der Waals surface area contributed by atoms with Gasteiger partial charge in [-0.1, -0.05) is 0 Å². The molecule has 3 nitrogen and oxygen atoms in total. The predicted molar refractivity (Wildman–Crippen MR) is 110 cm³/mol. The first-order chi connectivity index (χ1) is 11.5. The second-order valence-electron chi connectivity index (χ2n) is 7.39. The zero-order valence-corrected chi connectivity index (χ0v) is 17.7. The van der Waals surface area contributed by atoms with Crippen LogP contribution in [-0.4, -0.2) is 36.5 Å². The van der Waals surface area contributed by atoms with E-state index in [9.17, 15) is 9.59 Å². The summed E-state index contributed by atoms with van der Waals surface area (Å²) in [5.74, 6) is -0.296. The van der Waals surface area contributed by atoms with E-state index in [1.807, 2.05) is 0 Å². The van der Waals surface area contributed by atoms with Crippen LogP contribution in [0.1, 0.15) is 91.9 Å². The zero-order chi connectivity index (χ0) is 18.3. The van der Waals surface area contributed by atoms with E-state index in [0.717, 1.165) is 0 Å². The normalized spacial score (nSPS) is 15.0. The Kier molecular flexibility index (Phi) is 14.6. The molecule has 1 aliphatic heterocycles. The van der Waals surface area contributed by atoms with Crippen molar-refractivity contribution in [2.45, 2.75) is 91.9 Å². The van der Waals surface area contributed by atoms with Crippen molar-refractivity contribution in [2.75, 3.05) is 24.6 Å². The molecular weight excluding hydrogens is 317 g/mol. The molecule has 0 saturated carbocycles. The second-order valence-corrected chi connectivity index (χ2v) is 12.4. The third kappa shape index (κ3) is 11.2. The maximum atomic E-state index is 10.1. The molecule has 0 unspecified atom stereocenters. The van der Waals surface area contributed by atoms with E-state index in [0.29, 0.717) is 12.8 Å². The Morgan fingerprint density at radius 3 is 1.12 bits per heavy atom. The molecule has 24 heavy (non-hydrogen) atoms. The summed E-state index contributed by atoms with van der Waals surface area (Å²) in [5, 5.41) is 2.14. The smallest absolute Gasteiger partial charge is 0.227 e. The molecule has 1 rings (SSSR count). The van der Waals surface area contributed by atoms with Crippen molar-refractivity contribution < 1.29 is 9.59 Å². The fourth-order valence-electron chi connectivity index (χ4n) is 3.46. The molecule has 1 fully saturated rings. The Balaban J connectivity index is 0.000000620. The molecule has 1 saturated heterocycles. The van der Waals surface area contributed by atoms with Crippen molar-refractivity contribution in [1.29, 1.82) is 0 Å². The van der Waals surface area contributed by atoms with Crippen molar-refractivity contribution in [1.82, 2.24) is 5.32 Å². The molecule has 0 radical (unpaired) electrons. The van der Waals surface area contributed by atoms with E-state index in [1.54, 1.807) is 24.6 Å². The third-order valence-corrected chi connectivity index (χ3v) is 10.8. The van der Waals surface area contributed by atoms with E-state index in [4.69, 9.17) is 0 Å². The van der Waals surface area contributed by atoms with Gasteiger partial charge in [0.05, 0.1) is 0 Å². The number of imide groups is 1. The molecule has 1 aliphatic rings. The van der Waals surface area contributed by atoms with Crippen molar-refractivity contribution in [3.8, 4) is 0 Å². The number of amides is 2. The molecule has 144 valence electrons. The topological polar surface area (TPSA) is 46.2 Å². The second kappa shape index (κ2) is 14.9. The molecule has 0 aromatic carbocycles. The van der Waals surface area contributed by atoms with Crippen LogP contribution >= 0.6 is 7.26 Å². The summed E-state index contributed by atoms with van der Waals surface area (Å²) in [6.45, 7) is 9.44. The summed E-state index contributed by atoms with van der Waals surface area (Å²) < 4.78 is 0. The number of hydrogen-bond donors (Lipinski definition) is 1. The van der Waals surface area contributed by atoms with Gasteiger partial charge < -0.3 is 0 Å². The molecule has 4 heteroatoms. The minimum absolute atomic E-state index is 0.148. The Labute approximate surface area is 151 Å². The first kappa shape index (κ1) is 23.6. The van der Waals surface area contributed by atoms with Gasteiger partial charge in [0.2, 0.25) is 11.8 Å². The maximum absolute atomic E-state index is 10.1. The number of rotatable bonds is 12. The molecule has 1 heterocycles. The van der Waals surface area contributed by atoms with Crippen molar-refractivity contribution >= 4 is 19.1 Å². The summed E-state index contributed by atoms with van der Waals surface area (Å²) in [6, 6.07) is 0. The summed E-state index contributed by atoms with van der Waals surface area (Å²) in [4.78, 5) is 20.2. The van der Waals surface area contributed by atoms with Crippen molar-refractivity contribution in [3.05, 3.63) is 0 Å². The van der Waals surface area contributed by atoms with E-state index in [-0.39, 0.29) is 11.8 Å². The van der Waals surface area contributed by atoms with Crippen LogP contribution in [-0.2, 0) is 9.59 Å². The van der Waals surface area contributed by atoms with Crippen LogP contribution in [0, 0.1) is 0 Å². The number of unbranched alkanes of at least 4 members (excludes halogenated alkanes) is 4. The van der Waals surface area contributed by atoms with E-state index in [1.165, 1.54) is 51.4 Å². The first-order valence-electron chi connectivity index (χ1n) is 10.4. The number of carbonyl (C=O) groups is 2. The zero-order valence-electron chi connectivity index (χ0n) is 16.7. The van der Waals surface area contributed by atoms with Crippen LogP contribution in [0.3, 0.4) is 0 Å². The quantitative estimate of drug-likeness (QED) is 0.377. The molecule has 0 aromatic rings. The summed E-state index contributed by atoms with van der Waals surface area (Å²) >= 11 is 0. The van der Waals surface area contributed by atoms with Gasteiger partial charge in [0, 0.05) is 12.8 Å². The molecule has 1 N–H and O–H groups in total. The van der Waals surface area contributed by atoms with Crippen LogP contribution in [0.5, 0.6) is 0 Å². The Bertz CT molecular complexity index is 293. The first-order valence-corrected chi connectivity index (χ1v) is 13.2. The Morgan fingerprint density at radius 2 is 0.958 bits per heavy atom. The largest absolute Gasteiger partial charge is 0.296 e. The average Bonchev–Trinajstić information content (AvgIpc) is 2.97. The standard InChI is InChI=1S/C16H37P.C4H5NO2/c1-5-9-13-17(14-10-6-2,15-11-7-3)16-12-8-4;6-3-1-2-4(7)5-3/h17H,5-16H2,1-4H3;1-2H2,(H,5,6,7). The van der Waals surface area contributed by atoms with Gasteiger partial charge in [-0.3, -0.25) is 14.9 Å². The van der Waals surface area contributed by atoms with Gasteiger partial charge in [-0.05, 0) is 0 Å². The molecular formula is C20H42NO2P. The van der Waals surface area contributed by atoms with Gasteiger partial charge >= 0.3 is 111 Å². The summed E-state index contributed by atoms with van der Waals surface area (Å²) in [7, 11) is -0.879. The van der Waals surface area contributed by atoms with Gasteiger partial charge in [0.25, 0.3) is 0 Å². The molecule has 0 aromatic heterocycles. The maximum Gasteiger partial charge on any atom is 0.227 e. The fraction of sp³-hybridized carbons (Fsp3) is 0.900. The number of carbonyl (C=O) groups excluding carboxylic acids is 2. The number of nitrogens with one attached hydrogen (secondary N) is 1. The Hall–Kier alpha value is -0.430. The SMILES string of the molecule is CCCC[PH](CCCC)(CCCC)CCCC.O=C1CCC(=O)N1. The molecule has 0 aliphatic carbocycles. The van der Waals surface area contributed by atoms with Crippen LogP contribution in [0.2, 0.25) is 0 Å².